The first-order chi connectivity index (χ1) is 4.74. The monoisotopic (exact) mass is 216 g/mol. The minimum absolute atomic E-state index is 0.476. The van der Waals surface area contributed by atoms with E-state index in [4.69, 9.17) is 11.0 Å². The fourth-order valence-electron chi connectivity index (χ4n) is 0.559. The molecule has 1 rings (SSSR count). The van der Waals surface area contributed by atoms with Crippen LogP contribution in [0.2, 0.25) is 0 Å². The summed E-state index contributed by atoms with van der Waals surface area (Å²) in [4.78, 5) is 0.898. The van der Waals surface area contributed by atoms with Crippen LogP contribution in [-0.4, -0.2) is 0 Å². The van der Waals surface area contributed by atoms with Crippen molar-refractivity contribution in [2.75, 3.05) is 0 Å². The second-order valence-corrected chi connectivity index (χ2v) is 4.24. The first kappa shape index (κ1) is 7.73. The highest BCUT2D eigenvalue weighted by molar-refractivity contribution is 9.11. The van der Waals surface area contributed by atoms with Crippen LogP contribution in [0.1, 0.15) is 10.9 Å². The van der Waals surface area contributed by atoms with Crippen molar-refractivity contribution < 1.29 is 0 Å². The lowest BCUT2D eigenvalue weighted by atomic mass is 10.3. The molecule has 52 valence electrons. The highest BCUT2D eigenvalue weighted by Crippen LogP contribution is 2.25. The Bertz CT molecular complexity index is 263. The minimum atomic E-state index is -0.476. The predicted octanol–water partition coefficient (Wildman–Crippen LogP) is 2.03. The van der Waals surface area contributed by atoms with Gasteiger partial charge in [-0.2, -0.15) is 5.26 Å². The van der Waals surface area contributed by atoms with E-state index < -0.39 is 6.04 Å². The van der Waals surface area contributed by atoms with Crippen LogP contribution in [0, 0.1) is 11.3 Å². The first-order valence-electron chi connectivity index (χ1n) is 2.64. The van der Waals surface area contributed by atoms with Crippen LogP contribution in [0.25, 0.3) is 0 Å². The van der Waals surface area contributed by atoms with Crippen molar-refractivity contribution in [2.24, 2.45) is 5.73 Å². The van der Waals surface area contributed by atoms with E-state index in [2.05, 4.69) is 15.9 Å². The summed E-state index contributed by atoms with van der Waals surface area (Å²) in [6.45, 7) is 0. The predicted molar refractivity (Wildman–Crippen MR) is 44.6 cm³/mol. The fourth-order valence-corrected chi connectivity index (χ4v) is 1.93. The average molecular weight is 217 g/mol. The van der Waals surface area contributed by atoms with Crippen molar-refractivity contribution in [3.05, 3.63) is 20.8 Å². The van der Waals surface area contributed by atoms with Crippen molar-refractivity contribution in [1.29, 1.82) is 5.26 Å². The molecule has 1 atom stereocenters. The van der Waals surface area contributed by atoms with Gasteiger partial charge in [0.2, 0.25) is 0 Å². The normalized spacial score (nSPS) is 12.5. The van der Waals surface area contributed by atoms with E-state index in [0.717, 1.165) is 8.66 Å². The molecule has 0 aromatic carbocycles. The fraction of sp³-hybridized carbons (Fsp3) is 0.167. The Morgan fingerprint density at radius 2 is 2.40 bits per heavy atom. The highest BCUT2D eigenvalue weighted by atomic mass is 79.9. The lowest BCUT2D eigenvalue weighted by molar-refractivity contribution is 0.951. The van der Waals surface area contributed by atoms with E-state index in [1.54, 1.807) is 0 Å². The third-order valence-electron chi connectivity index (χ3n) is 1.04. The summed E-state index contributed by atoms with van der Waals surface area (Å²) < 4.78 is 1.01. The maximum atomic E-state index is 8.41. The van der Waals surface area contributed by atoms with Gasteiger partial charge in [0.15, 0.2) is 0 Å². The van der Waals surface area contributed by atoms with Gasteiger partial charge in [0.05, 0.1) is 9.86 Å². The molecule has 0 unspecified atom stereocenters. The van der Waals surface area contributed by atoms with E-state index in [1.165, 1.54) is 11.3 Å². The largest absolute Gasteiger partial charge is 0.312 e. The summed E-state index contributed by atoms with van der Waals surface area (Å²) in [6, 6.07) is 5.22. The van der Waals surface area contributed by atoms with Gasteiger partial charge in [-0.25, -0.2) is 0 Å². The third-order valence-corrected chi connectivity index (χ3v) is 2.75. The molecule has 1 aromatic heterocycles. The molecule has 0 radical (unpaired) electrons. The van der Waals surface area contributed by atoms with E-state index in [9.17, 15) is 0 Å². The Morgan fingerprint density at radius 3 is 2.80 bits per heavy atom. The SMILES string of the molecule is N#C[C@H](N)c1ccc(Br)s1. The van der Waals surface area contributed by atoms with Crippen LogP contribution < -0.4 is 5.73 Å². The number of halogens is 1. The maximum Gasteiger partial charge on any atom is 0.128 e. The van der Waals surface area contributed by atoms with Gasteiger partial charge < -0.3 is 5.73 Å². The van der Waals surface area contributed by atoms with E-state index in [0.29, 0.717) is 0 Å². The van der Waals surface area contributed by atoms with E-state index in [1.807, 2.05) is 18.2 Å². The second-order valence-electron chi connectivity index (χ2n) is 1.75. The summed E-state index contributed by atoms with van der Waals surface area (Å²) in [5.74, 6) is 0. The van der Waals surface area contributed by atoms with Crippen LogP contribution in [0.5, 0.6) is 0 Å². The van der Waals surface area contributed by atoms with Crippen molar-refractivity contribution in [2.45, 2.75) is 6.04 Å². The zero-order valence-corrected chi connectivity index (χ0v) is 7.45. The lowest BCUT2D eigenvalue weighted by Gasteiger charge is -1.93. The van der Waals surface area contributed by atoms with Crippen LogP contribution in [0.4, 0.5) is 0 Å². The number of thiophene rings is 1. The lowest BCUT2D eigenvalue weighted by Crippen LogP contribution is -2.04. The third kappa shape index (κ3) is 1.57. The van der Waals surface area contributed by atoms with Gasteiger partial charge in [0.25, 0.3) is 0 Å². The molecule has 2 N–H and O–H groups in total. The molecule has 4 heteroatoms. The molecule has 1 aromatic rings. The number of rotatable bonds is 1. The second kappa shape index (κ2) is 3.15. The maximum absolute atomic E-state index is 8.41. The van der Waals surface area contributed by atoms with Crippen LogP contribution in [0.3, 0.4) is 0 Å². The molecule has 0 amide bonds. The molecule has 0 saturated carbocycles. The quantitative estimate of drug-likeness (QED) is 0.782. The van der Waals surface area contributed by atoms with Gasteiger partial charge in [-0.05, 0) is 28.1 Å². The number of nitriles is 1. The van der Waals surface area contributed by atoms with Gasteiger partial charge in [-0.3, -0.25) is 0 Å². The van der Waals surface area contributed by atoms with E-state index in [-0.39, 0.29) is 0 Å². The molecule has 1 heterocycles. The van der Waals surface area contributed by atoms with Gasteiger partial charge in [0.1, 0.15) is 6.04 Å². The Balaban J connectivity index is 2.87. The summed E-state index contributed by atoms with van der Waals surface area (Å²) in [6.07, 6.45) is 0. The topological polar surface area (TPSA) is 49.8 Å². The van der Waals surface area contributed by atoms with Gasteiger partial charge >= 0.3 is 0 Å². The molecule has 2 nitrogen and oxygen atoms in total. The zero-order valence-electron chi connectivity index (χ0n) is 5.04. The molecule has 10 heavy (non-hydrogen) atoms. The van der Waals surface area contributed by atoms with Gasteiger partial charge in [-0.1, -0.05) is 0 Å². The smallest absolute Gasteiger partial charge is 0.128 e. The number of nitrogens with zero attached hydrogens (tertiary/aromatic N) is 1. The summed E-state index contributed by atoms with van der Waals surface area (Å²) >= 11 is 4.77. The van der Waals surface area contributed by atoms with Gasteiger partial charge in [-0.15, -0.1) is 11.3 Å². The molecule has 0 bridgehead atoms. The molecular formula is C6H5BrN2S. The van der Waals surface area contributed by atoms with Gasteiger partial charge in [0, 0.05) is 4.88 Å². The standard InChI is InChI=1S/C6H5BrN2S/c7-6-2-1-5(10-6)4(9)3-8/h1-2,4H,9H2/t4-/m0/s1. The number of nitrogens with two attached hydrogens (primary N) is 1. The Hall–Kier alpha value is -0.370. The molecule has 0 aliphatic rings. The van der Waals surface area contributed by atoms with Crippen molar-refractivity contribution in [1.82, 2.24) is 0 Å². The average Bonchev–Trinajstić information content (AvgIpc) is 2.34. The minimum Gasteiger partial charge on any atom is -0.312 e. The Labute approximate surface area is 71.4 Å². The molecule has 0 aliphatic carbocycles. The van der Waals surface area contributed by atoms with Crippen molar-refractivity contribution in [3.63, 3.8) is 0 Å². The van der Waals surface area contributed by atoms with E-state index >= 15 is 0 Å². The molecular weight excluding hydrogens is 212 g/mol. The highest BCUT2D eigenvalue weighted by Gasteiger charge is 2.05. The van der Waals surface area contributed by atoms with Crippen LogP contribution in [-0.2, 0) is 0 Å². The summed E-state index contributed by atoms with van der Waals surface area (Å²) in [7, 11) is 0. The molecule has 0 aliphatic heterocycles. The number of hydrogen-bond donors (Lipinski definition) is 1. The molecule has 0 spiro atoms. The Kier molecular flexibility index (Phi) is 2.44. The molecule has 0 fully saturated rings. The summed E-state index contributed by atoms with van der Waals surface area (Å²) in [5.41, 5.74) is 5.44. The number of hydrogen-bond acceptors (Lipinski definition) is 3. The van der Waals surface area contributed by atoms with Crippen LogP contribution >= 0.6 is 27.3 Å². The first-order valence-corrected chi connectivity index (χ1v) is 4.25. The van der Waals surface area contributed by atoms with Crippen LogP contribution in [0.15, 0.2) is 15.9 Å². The van der Waals surface area contributed by atoms with Crippen molar-refractivity contribution in [3.8, 4) is 6.07 Å². The molecule has 0 saturated heterocycles. The zero-order chi connectivity index (χ0) is 7.56. The van der Waals surface area contributed by atoms with Crippen molar-refractivity contribution >= 4 is 27.3 Å². The summed E-state index contributed by atoms with van der Waals surface area (Å²) in [5, 5.41) is 8.41. The Morgan fingerprint density at radius 1 is 1.70 bits per heavy atom.